The van der Waals surface area contributed by atoms with Crippen LogP contribution in [0.2, 0.25) is 0 Å². The van der Waals surface area contributed by atoms with Gasteiger partial charge in [0.1, 0.15) is 0 Å². The summed E-state index contributed by atoms with van der Waals surface area (Å²) >= 11 is 0. The molecule has 4 heteroatoms. The number of nitrogens with one attached hydrogen (secondary N) is 1. The third kappa shape index (κ3) is 3.92. The molecule has 0 aromatic carbocycles. The van der Waals surface area contributed by atoms with Gasteiger partial charge in [-0.25, -0.2) is 4.99 Å². The molecule has 3 aliphatic rings. The van der Waals surface area contributed by atoms with Crippen LogP contribution >= 0.6 is 0 Å². The van der Waals surface area contributed by atoms with Crippen LogP contribution in [0.25, 0.3) is 0 Å². The summed E-state index contributed by atoms with van der Waals surface area (Å²) in [5, 5.41) is 2.89. The molecule has 0 aromatic rings. The molecule has 0 saturated heterocycles. The predicted octanol–water partition coefficient (Wildman–Crippen LogP) is 3.71. The van der Waals surface area contributed by atoms with Gasteiger partial charge in [-0.3, -0.25) is 9.59 Å². The Morgan fingerprint density at radius 1 is 1.25 bits per heavy atom. The SMILES string of the molecule is CC(C)C1=CC(=O)NC2=CC(=NC(=O)CC3CCCCC3)C=CC21. The number of aliphatic imine (C=N–C) groups is 1. The molecule has 1 atom stereocenters. The van der Waals surface area contributed by atoms with Crippen molar-refractivity contribution < 1.29 is 9.59 Å². The smallest absolute Gasteiger partial charge is 0.248 e. The first-order chi connectivity index (χ1) is 11.5. The van der Waals surface area contributed by atoms with Gasteiger partial charge in [-0.15, -0.1) is 0 Å². The van der Waals surface area contributed by atoms with Crippen molar-refractivity contribution >= 4 is 17.5 Å². The molecule has 1 unspecified atom stereocenters. The number of carbonyl (C=O) groups is 2. The maximum atomic E-state index is 12.2. The van der Waals surface area contributed by atoms with E-state index in [0.29, 0.717) is 24.0 Å². The molecule has 1 fully saturated rings. The van der Waals surface area contributed by atoms with Crippen LogP contribution in [-0.4, -0.2) is 17.5 Å². The summed E-state index contributed by atoms with van der Waals surface area (Å²) in [6.07, 6.45) is 14.1. The Hall–Kier alpha value is -1.97. The third-order valence-electron chi connectivity index (χ3n) is 5.13. The van der Waals surface area contributed by atoms with Crippen molar-refractivity contribution in [3.63, 3.8) is 0 Å². The topological polar surface area (TPSA) is 58.5 Å². The molecule has 0 radical (unpaired) electrons. The van der Waals surface area contributed by atoms with Crippen molar-refractivity contribution in [2.45, 2.75) is 52.4 Å². The van der Waals surface area contributed by atoms with E-state index in [2.05, 4.69) is 24.2 Å². The Kier molecular flexibility index (Phi) is 5.12. The molecule has 1 N–H and O–H groups in total. The van der Waals surface area contributed by atoms with Crippen LogP contribution in [0.1, 0.15) is 52.4 Å². The summed E-state index contributed by atoms with van der Waals surface area (Å²) in [5.41, 5.74) is 2.58. The zero-order chi connectivity index (χ0) is 17.1. The fourth-order valence-electron chi connectivity index (χ4n) is 3.84. The van der Waals surface area contributed by atoms with Crippen LogP contribution in [-0.2, 0) is 9.59 Å². The number of nitrogens with zero attached hydrogens (tertiary/aromatic N) is 1. The Morgan fingerprint density at radius 2 is 2.00 bits per heavy atom. The summed E-state index contributed by atoms with van der Waals surface area (Å²) in [7, 11) is 0. The lowest BCUT2D eigenvalue weighted by Crippen LogP contribution is -2.34. The molecule has 3 rings (SSSR count). The van der Waals surface area contributed by atoms with Crippen molar-refractivity contribution in [2.24, 2.45) is 22.7 Å². The summed E-state index contributed by atoms with van der Waals surface area (Å²) < 4.78 is 0. The van der Waals surface area contributed by atoms with Gasteiger partial charge in [-0.2, -0.15) is 0 Å². The highest BCUT2D eigenvalue weighted by molar-refractivity contribution is 6.11. The number of carbonyl (C=O) groups excluding carboxylic acids is 2. The fourth-order valence-corrected chi connectivity index (χ4v) is 3.84. The number of hydrogen-bond donors (Lipinski definition) is 1. The average molecular weight is 326 g/mol. The van der Waals surface area contributed by atoms with Crippen molar-refractivity contribution in [3.8, 4) is 0 Å². The molecular weight excluding hydrogens is 300 g/mol. The number of amides is 2. The third-order valence-corrected chi connectivity index (χ3v) is 5.13. The zero-order valence-electron chi connectivity index (χ0n) is 14.5. The van der Waals surface area contributed by atoms with E-state index in [9.17, 15) is 9.59 Å². The fraction of sp³-hybridized carbons (Fsp3) is 0.550. The molecule has 2 aliphatic carbocycles. The second-order valence-corrected chi connectivity index (χ2v) is 7.36. The zero-order valence-corrected chi connectivity index (χ0v) is 14.5. The molecule has 0 spiro atoms. The summed E-state index contributed by atoms with van der Waals surface area (Å²) in [6.45, 7) is 4.18. The second-order valence-electron chi connectivity index (χ2n) is 7.36. The van der Waals surface area contributed by atoms with Gasteiger partial charge in [0.25, 0.3) is 0 Å². The van der Waals surface area contributed by atoms with Gasteiger partial charge in [0, 0.05) is 24.1 Å². The van der Waals surface area contributed by atoms with Crippen LogP contribution in [0.15, 0.2) is 40.6 Å². The molecule has 4 nitrogen and oxygen atoms in total. The molecule has 24 heavy (non-hydrogen) atoms. The molecule has 2 amide bonds. The van der Waals surface area contributed by atoms with Gasteiger partial charge in [-0.05, 0) is 42.4 Å². The first-order valence-corrected chi connectivity index (χ1v) is 9.06. The van der Waals surface area contributed by atoms with E-state index < -0.39 is 0 Å². The van der Waals surface area contributed by atoms with Crippen molar-refractivity contribution in [1.29, 1.82) is 0 Å². The molecule has 0 aromatic heterocycles. The Labute approximate surface area is 143 Å². The monoisotopic (exact) mass is 326 g/mol. The van der Waals surface area contributed by atoms with Gasteiger partial charge in [0.15, 0.2) is 0 Å². The summed E-state index contributed by atoms with van der Waals surface area (Å²) in [5.74, 6) is 0.757. The lowest BCUT2D eigenvalue weighted by atomic mass is 9.82. The van der Waals surface area contributed by atoms with Crippen LogP contribution in [0, 0.1) is 17.8 Å². The Balaban J connectivity index is 1.71. The summed E-state index contributed by atoms with van der Waals surface area (Å²) in [6, 6.07) is 0. The van der Waals surface area contributed by atoms with Crippen LogP contribution in [0.3, 0.4) is 0 Å². The first-order valence-electron chi connectivity index (χ1n) is 9.06. The van der Waals surface area contributed by atoms with Crippen LogP contribution in [0.4, 0.5) is 0 Å². The largest absolute Gasteiger partial charge is 0.325 e. The minimum atomic E-state index is -0.0932. The maximum Gasteiger partial charge on any atom is 0.248 e. The molecule has 0 bridgehead atoms. The average Bonchev–Trinajstić information content (AvgIpc) is 2.54. The van der Waals surface area contributed by atoms with Gasteiger partial charge in [0.2, 0.25) is 11.8 Å². The molecule has 128 valence electrons. The number of allylic oxidation sites excluding steroid dienone is 3. The van der Waals surface area contributed by atoms with Crippen LogP contribution < -0.4 is 5.32 Å². The Bertz CT molecular complexity index is 647. The van der Waals surface area contributed by atoms with Crippen LogP contribution in [0.5, 0.6) is 0 Å². The van der Waals surface area contributed by atoms with E-state index in [4.69, 9.17) is 0 Å². The van der Waals surface area contributed by atoms with E-state index >= 15 is 0 Å². The van der Waals surface area contributed by atoms with Gasteiger partial charge in [-0.1, -0.05) is 39.2 Å². The second kappa shape index (κ2) is 7.29. The quantitative estimate of drug-likeness (QED) is 0.859. The minimum absolute atomic E-state index is 0.0430. The molecule has 1 heterocycles. The number of fused-ring (bicyclic) bond motifs is 1. The maximum absolute atomic E-state index is 12.2. The molecule has 1 saturated carbocycles. The van der Waals surface area contributed by atoms with E-state index in [1.54, 1.807) is 6.08 Å². The lowest BCUT2D eigenvalue weighted by Gasteiger charge is -2.29. The Morgan fingerprint density at radius 3 is 2.71 bits per heavy atom. The van der Waals surface area contributed by atoms with Gasteiger partial charge < -0.3 is 5.32 Å². The highest BCUT2D eigenvalue weighted by atomic mass is 16.2. The highest BCUT2D eigenvalue weighted by Crippen LogP contribution is 2.32. The van der Waals surface area contributed by atoms with E-state index in [0.717, 1.165) is 24.1 Å². The normalized spacial score (nSPS) is 26.0. The predicted molar refractivity (Wildman–Crippen MR) is 95.4 cm³/mol. The van der Waals surface area contributed by atoms with Gasteiger partial charge >= 0.3 is 0 Å². The molecular formula is C20H26N2O2. The van der Waals surface area contributed by atoms with Crippen molar-refractivity contribution in [1.82, 2.24) is 5.32 Å². The van der Waals surface area contributed by atoms with E-state index in [1.165, 1.54) is 19.3 Å². The first kappa shape index (κ1) is 16.9. The number of rotatable bonds is 3. The van der Waals surface area contributed by atoms with E-state index in [-0.39, 0.29) is 17.7 Å². The van der Waals surface area contributed by atoms with Crippen molar-refractivity contribution in [2.75, 3.05) is 0 Å². The minimum Gasteiger partial charge on any atom is -0.325 e. The summed E-state index contributed by atoms with van der Waals surface area (Å²) in [4.78, 5) is 28.4. The van der Waals surface area contributed by atoms with Gasteiger partial charge in [0.05, 0.1) is 5.71 Å². The van der Waals surface area contributed by atoms with Crippen molar-refractivity contribution in [3.05, 3.63) is 35.6 Å². The standard InChI is InChI=1S/C20H26N2O2/c1-13(2)17-12-20(24)22-18-11-15(8-9-16(17)18)21-19(23)10-14-6-4-3-5-7-14/h8-9,11-14,16H,3-7,10H2,1-2H3,(H,22,24). The van der Waals surface area contributed by atoms with E-state index in [1.807, 2.05) is 18.2 Å². The lowest BCUT2D eigenvalue weighted by molar-refractivity contribution is -0.119. The highest BCUT2D eigenvalue weighted by Gasteiger charge is 2.28. The molecule has 1 aliphatic heterocycles. The number of hydrogen-bond acceptors (Lipinski definition) is 2.